The van der Waals surface area contributed by atoms with Gasteiger partial charge in [-0.1, -0.05) is 11.6 Å². The third kappa shape index (κ3) is 6.03. The number of sulfonamides is 1. The van der Waals surface area contributed by atoms with Crippen molar-refractivity contribution in [3.05, 3.63) is 47.5 Å². The van der Waals surface area contributed by atoms with E-state index in [9.17, 15) is 23.1 Å². The van der Waals surface area contributed by atoms with Gasteiger partial charge in [-0.2, -0.15) is 0 Å². The lowest BCUT2D eigenvalue weighted by Gasteiger charge is -2.29. The van der Waals surface area contributed by atoms with Crippen LogP contribution in [0.2, 0.25) is 5.02 Å². The molecular formula is C22H23ClN6O5S. The molecule has 0 spiro atoms. The fraction of sp³-hybridized carbons (Fsp3) is 0.273. The van der Waals surface area contributed by atoms with Crippen molar-refractivity contribution < 1.29 is 23.1 Å². The summed E-state index contributed by atoms with van der Waals surface area (Å²) in [6, 6.07) is 10.6. The van der Waals surface area contributed by atoms with E-state index in [1.54, 1.807) is 18.2 Å². The zero-order valence-corrected chi connectivity index (χ0v) is 20.0. The molecule has 11 nitrogen and oxygen atoms in total. The van der Waals surface area contributed by atoms with Crippen LogP contribution in [0.25, 0.3) is 10.9 Å². The number of carbonyl (C=O) groups excluding carboxylic acids is 2. The van der Waals surface area contributed by atoms with Gasteiger partial charge in [0.25, 0.3) is 5.91 Å². The lowest BCUT2D eigenvalue weighted by molar-refractivity contribution is -0.123. The smallest absolute Gasteiger partial charge is 0.267 e. The van der Waals surface area contributed by atoms with Gasteiger partial charge in [-0.25, -0.2) is 13.6 Å². The summed E-state index contributed by atoms with van der Waals surface area (Å²) in [7, 11) is -3.80. The second-order valence-corrected chi connectivity index (χ2v) is 10.2. The van der Waals surface area contributed by atoms with Gasteiger partial charge in [-0.05, 0) is 68.4 Å². The van der Waals surface area contributed by atoms with Crippen LogP contribution in [0.15, 0.2) is 57.6 Å². The second-order valence-electron chi connectivity index (χ2n) is 8.22. The van der Waals surface area contributed by atoms with Crippen LogP contribution in [0.4, 0.5) is 11.4 Å². The number of nitrogens with one attached hydrogen (secondary N) is 2. The zero-order chi connectivity index (χ0) is 25.2. The van der Waals surface area contributed by atoms with Gasteiger partial charge in [-0.3, -0.25) is 14.5 Å². The number of fused-ring (bicyclic) bond motifs is 1. The minimum Gasteiger partial charge on any atom is -0.493 e. The summed E-state index contributed by atoms with van der Waals surface area (Å²) >= 11 is 6.01. The van der Waals surface area contributed by atoms with Gasteiger partial charge in [0.15, 0.2) is 5.69 Å². The molecule has 2 amide bonds. The predicted molar refractivity (Wildman–Crippen MR) is 130 cm³/mol. The summed E-state index contributed by atoms with van der Waals surface area (Å²) in [6.45, 7) is 1.18. The Bertz CT molecular complexity index is 1400. The number of anilines is 1. The van der Waals surface area contributed by atoms with E-state index < -0.39 is 10.0 Å². The number of aromatic nitrogens is 1. The average molecular weight is 519 g/mol. The van der Waals surface area contributed by atoms with Crippen LogP contribution in [0.3, 0.4) is 0 Å². The zero-order valence-electron chi connectivity index (χ0n) is 18.4. The Hall–Kier alpha value is -3.32. The number of piperidine rings is 1. The number of hydrogen-bond acceptors (Lipinski definition) is 7. The second kappa shape index (κ2) is 10.1. The minimum atomic E-state index is -3.80. The Balaban J connectivity index is 1.28. The van der Waals surface area contributed by atoms with Crippen molar-refractivity contribution in [3.63, 3.8) is 0 Å². The van der Waals surface area contributed by atoms with Crippen LogP contribution >= 0.6 is 11.6 Å². The molecule has 0 bridgehead atoms. The Kier molecular flexibility index (Phi) is 7.17. The Morgan fingerprint density at radius 1 is 1.17 bits per heavy atom. The molecule has 1 fully saturated rings. The number of benzene rings is 2. The van der Waals surface area contributed by atoms with Crippen molar-refractivity contribution in [1.29, 1.82) is 0 Å². The molecule has 1 aliphatic heterocycles. The van der Waals surface area contributed by atoms with E-state index in [0.717, 1.165) is 0 Å². The number of aromatic hydroxyl groups is 1. The van der Waals surface area contributed by atoms with Gasteiger partial charge < -0.3 is 15.4 Å². The standard InChI is InChI=1S/C22H23ClN6O5S/c23-14-1-6-18-17(11-14)20(22(32)26-18)27-28-21(31)13-7-9-29(10-8-13)12-19(30)25-15-2-4-16(5-3-15)35(24,33)34/h1-6,11,13,26,32H,7-10,12H2,(H,25,30)(H2,24,33,34). The third-order valence-electron chi connectivity index (χ3n) is 5.73. The quantitative estimate of drug-likeness (QED) is 0.365. The lowest BCUT2D eigenvalue weighted by Crippen LogP contribution is -2.40. The number of likely N-dealkylation sites (tertiary alicyclic amines) is 1. The van der Waals surface area contributed by atoms with Crippen LogP contribution < -0.4 is 10.5 Å². The van der Waals surface area contributed by atoms with Gasteiger partial charge >= 0.3 is 0 Å². The molecule has 2 aromatic carbocycles. The monoisotopic (exact) mass is 518 g/mol. The van der Waals surface area contributed by atoms with Crippen molar-refractivity contribution >= 4 is 55.7 Å². The number of carbonyl (C=O) groups is 2. The van der Waals surface area contributed by atoms with E-state index in [1.165, 1.54) is 24.3 Å². The van der Waals surface area contributed by atoms with Crippen molar-refractivity contribution in [2.75, 3.05) is 25.0 Å². The number of azo groups is 1. The van der Waals surface area contributed by atoms with E-state index in [-0.39, 0.29) is 40.7 Å². The molecule has 3 aromatic rings. The summed E-state index contributed by atoms with van der Waals surface area (Å²) in [4.78, 5) is 29.5. The number of nitrogens with two attached hydrogens (primary N) is 1. The number of primary sulfonamides is 1. The molecule has 5 N–H and O–H groups in total. The molecular weight excluding hydrogens is 496 g/mol. The van der Waals surface area contributed by atoms with Crippen LogP contribution in [-0.2, 0) is 19.6 Å². The fourth-order valence-corrected chi connectivity index (χ4v) is 4.57. The Morgan fingerprint density at radius 2 is 1.86 bits per heavy atom. The highest BCUT2D eigenvalue weighted by Crippen LogP contribution is 2.37. The van der Waals surface area contributed by atoms with Crippen LogP contribution in [0.1, 0.15) is 12.8 Å². The molecule has 1 aliphatic rings. The third-order valence-corrected chi connectivity index (χ3v) is 6.90. The van der Waals surface area contributed by atoms with Crippen LogP contribution in [0, 0.1) is 5.92 Å². The SMILES string of the molecule is NS(=O)(=O)c1ccc(NC(=O)CN2CCC(C(=O)N=Nc3c(O)[nH]c4ccc(Cl)cc34)CC2)cc1. The summed E-state index contributed by atoms with van der Waals surface area (Å²) in [5.74, 6) is -1.18. The van der Waals surface area contributed by atoms with Crippen LogP contribution in [0.5, 0.6) is 5.88 Å². The number of halogens is 1. The molecule has 13 heteroatoms. The van der Waals surface area contributed by atoms with Crippen molar-refractivity contribution in [2.45, 2.75) is 17.7 Å². The van der Waals surface area contributed by atoms with E-state index >= 15 is 0 Å². The summed E-state index contributed by atoms with van der Waals surface area (Å²) in [5.41, 5.74) is 1.23. The summed E-state index contributed by atoms with van der Waals surface area (Å²) in [6.07, 6.45) is 1.03. The summed E-state index contributed by atoms with van der Waals surface area (Å²) in [5, 5.41) is 26.7. The van der Waals surface area contributed by atoms with E-state index in [0.29, 0.717) is 47.5 Å². The van der Waals surface area contributed by atoms with Gasteiger partial charge in [-0.15, -0.1) is 10.2 Å². The first-order valence-corrected chi connectivity index (χ1v) is 12.6. The molecule has 0 unspecified atom stereocenters. The fourth-order valence-electron chi connectivity index (χ4n) is 3.89. The van der Waals surface area contributed by atoms with Gasteiger partial charge in [0.05, 0.1) is 17.0 Å². The molecule has 4 rings (SSSR count). The maximum absolute atomic E-state index is 12.5. The van der Waals surface area contributed by atoms with Gasteiger partial charge in [0.1, 0.15) is 0 Å². The number of aromatic amines is 1. The maximum Gasteiger partial charge on any atom is 0.267 e. The van der Waals surface area contributed by atoms with Crippen molar-refractivity contribution in [3.8, 4) is 5.88 Å². The first kappa shape index (κ1) is 24.8. The molecule has 2 heterocycles. The topological polar surface area (TPSA) is 170 Å². The molecule has 0 atom stereocenters. The van der Waals surface area contributed by atoms with E-state index in [4.69, 9.17) is 16.7 Å². The van der Waals surface area contributed by atoms with E-state index in [2.05, 4.69) is 20.5 Å². The van der Waals surface area contributed by atoms with Crippen molar-refractivity contribution in [1.82, 2.24) is 9.88 Å². The van der Waals surface area contributed by atoms with Gasteiger partial charge in [0.2, 0.25) is 21.8 Å². The van der Waals surface area contributed by atoms with Gasteiger partial charge in [0, 0.05) is 22.0 Å². The minimum absolute atomic E-state index is 0.0388. The predicted octanol–water partition coefficient (Wildman–Crippen LogP) is 3.14. The number of nitrogens with zero attached hydrogens (tertiary/aromatic N) is 3. The molecule has 184 valence electrons. The number of hydrogen-bond donors (Lipinski definition) is 4. The molecule has 0 radical (unpaired) electrons. The van der Waals surface area contributed by atoms with Crippen molar-refractivity contribution in [2.24, 2.45) is 21.3 Å². The average Bonchev–Trinajstić information content (AvgIpc) is 3.11. The number of H-pyrrole nitrogens is 1. The molecule has 1 aromatic heterocycles. The highest BCUT2D eigenvalue weighted by molar-refractivity contribution is 7.89. The Morgan fingerprint density at radius 3 is 2.51 bits per heavy atom. The Labute approximate surface area is 206 Å². The highest BCUT2D eigenvalue weighted by Gasteiger charge is 2.26. The van der Waals surface area contributed by atoms with E-state index in [1.807, 2.05) is 4.90 Å². The highest BCUT2D eigenvalue weighted by atomic mass is 35.5. The molecule has 0 saturated carbocycles. The number of amides is 2. The summed E-state index contributed by atoms with van der Waals surface area (Å²) < 4.78 is 22.6. The largest absolute Gasteiger partial charge is 0.493 e. The molecule has 0 aliphatic carbocycles. The molecule has 1 saturated heterocycles. The molecule has 35 heavy (non-hydrogen) atoms. The first-order valence-electron chi connectivity index (χ1n) is 10.7. The maximum atomic E-state index is 12.5. The van der Waals surface area contributed by atoms with Crippen LogP contribution in [-0.4, -0.2) is 54.9 Å². The lowest BCUT2D eigenvalue weighted by atomic mass is 9.96. The normalized spacial score (nSPS) is 15.6. The number of rotatable bonds is 6. The first-order chi connectivity index (χ1) is 16.6.